The maximum absolute atomic E-state index is 14.2. The number of carbonyl (C=O) groups is 1. The maximum Gasteiger partial charge on any atom is 0.573 e. The molecule has 1 fully saturated rings. The van der Waals surface area contributed by atoms with Crippen molar-refractivity contribution in [1.82, 2.24) is 4.98 Å². The summed E-state index contributed by atoms with van der Waals surface area (Å²) in [6, 6.07) is 9.07. The van der Waals surface area contributed by atoms with Crippen LogP contribution >= 0.6 is 0 Å². The second-order valence-electron chi connectivity index (χ2n) is 7.65. The van der Waals surface area contributed by atoms with Gasteiger partial charge in [0.15, 0.2) is 5.60 Å². The van der Waals surface area contributed by atoms with Crippen molar-refractivity contribution in [3.63, 3.8) is 0 Å². The van der Waals surface area contributed by atoms with Gasteiger partial charge in [0.25, 0.3) is 0 Å². The summed E-state index contributed by atoms with van der Waals surface area (Å²) >= 11 is 0. The number of ether oxygens (including phenoxy) is 3. The molecule has 14 heteroatoms. The second kappa shape index (κ2) is 9.76. The molecule has 4 rings (SSSR count). The second-order valence-corrected chi connectivity index (χ2v) is 7.65. The van der Waals surface area contributed by atoms with Gasteiger partial charge in [-0.05, 0) is 30.3 Å². The van der Waals surface area contributed by atoms with Crippen LogP contribution in [0.2, 0.25) is 0 Å². The Balaban J connectivity index is 1.52. The minimum absolute atomic E-state index is 0.0930. The molecule has 196 valence electrons. The number of alkyl halides is 6. The topological polar surface area (TPSA) is 81.7 Å². The quantitative estimate of drug-likeness (QED) is 0.345. The lowest BCUT2D eigenvalue weighted by atomic mass is 9.85. The SMILES string of the molecule is O=C(Nc1ccc(OC(F)(F)F)cc1F)Nc1cccnc1Oc1ccccc1[C@@]1(C(F)(F)F)CCO1. The number of anilines is 2. The molecule has 2 heterocycles. The summed E-state index contributed by atoms with van der Waals surface area (Å²) in [7, 11) is 0. The molecular weight excluding hydrogens is 515 g/mol. The van der Waals surface area contributed by atoms with Gasteiger partial charge in [0.2, 0.25) is 5.88 Å². The van der Waals surface area contributed by atoms with Crippen LogP contribution in [-0.2, 0) is 10.3 Å². The third kappa shape index (κ3) is 5.69. The Morgan fingerprint density at radius 1 is 0.973 bits per heavy atom. The van der Waals surface area contributed by atoms with Crippen molar-refractivity contribution in [3.8, 4) is 17.4 Å². The van der Waals surface area contributed by atoms with E-state index in [2.05, 4.69) is 20.4 Å². The molecule has 3 aromatic rings. The number of rotatable bonds is 6. The normalized spacial score (nSPS) is 17.5. The molecule has 0 aliphatic carbocycles. The smallest absolute Gasteiger partial charge is 0.437 e. The number of para-hydroxylation sites is 1. The van der Waals surface area contributed by atoms with Gasteiger partial charge in [-0.3, -0.25) is 0 Å². The summed E-state index contributed by atoms with van der Waals surface area (Å²) in [4.78, 5) is 16.4. The molecular formula is C23H16F7N3O4. The van der Waals surface area contributed by atoms with Crippen LogP contribution in [0.3, 0.4) is 0 Å². The number of nitrogens with one attached hydrogen (secondary N) is 2. The molecule has 2 amide bonds. The van der Waals surface area contributed by atoms with E-state index < -0.39 is 41.4 Å². The van der Waals surface area contributed by atoms with Crippen molar-refractivity contribution in [2.75, 3.05) is 17.2 Å². The molecule has 1 aromatic heterocycles. The van der Waals surface area contributed by atoms with Crippen LogP contribution in [0.4, 0.5) is 46.9 Å². The van der Waals surface area contributed by atoms with E-state index in [1.807, 2.05) is 0 Å². The third-order valence-electron chi connectivity index (χ3n) is 5.23. The Morgan fingerprint density at radius 3 is 2.30 bits per heavy atom. The van der Waals surface area contributed by atoms with E-state index in [-0.39, 0.29) is 35.9 Å². The molecule has 0 unspecified atom stereocenters. The molecule has 0 radical (unpaired) electrons. The number of amides is 2. The fourth-order valence-corrected chi connectivity index (χ4v) is 3.53. The first kappa shape index (κ1) is 26.0. The fourth-order valence-electron chi connectivity index (χ4n) is 3.53. The molecule has 37 heavy (non-hydrogen) atoms. The lowest BCUT2D eigenvalue weighted by molar-refractivity contribution is -0.333. The number of aromatic nitrogens is 1. The third-order valence-corrected chi connectivity index (χ3v) is 5.23. The predicted molar refractivity (Wildman–Crippen MR) is 115 cm³/mol. The number of hydrogen-bond acceptors (Lipinski definition) is 5. The largest absolute Gasteiger partial charge is 0.573 e. The molecule has 2 aromatic carbocycles. The molecule has 0 bridgehead atoms. The van der Waals surface area contributed by atoms with Crippen molar-refractivity contribution in [2.45, 2.75) is 24.6 Å². The highest BCUT2D eigenvalue weighted by Gasteiger charge is 2.62. The molecule has 1 atom stereocenters. The number of urea groups is 1. The predicted octanol–water partition coefficient (Wildman–Crippen LogP) is 6.73. The van der Waals surface area contributed by atoms with E-state index in [1.165, 1.54) is 42.6 Å². The highest BCUT2D eigenvalue weighted by molar-refractivity contribution is 6.00. The van der Waals surface area contributed by atoms with Crippen LogP contribution in [0.5, 0.6) is 17.4 Å². The fraction of sp³-hybridized carbons (Fsp3) is 0.217. The van der Waals surface area contributed by atoms with Crippen LogP contribution in [0, 0.1) is 5.82 Å². The van der Waals surface area contributed by atoms with Crippen LogP contribution < -0.4 is 20.1 Å². The first-order valence-electron chi connectivity index (χ1n) is 10.4. The summed E-state index contributed by atoms with van der Waals surface area (Å²) in [6.07, 6.45) is -8.80. The molecule has 1 aliphatic rings. The maximum atomic E-state index is 14.2. The van der Waals surface area contributed by atoms with E-state index in [0.717, 1.165) is 12.1 Å². The van der Waals surface area contributed by atoms with Crippen molar-refractivity contribution in [1.29, 1.82) is 0 Å². The summed E-state index contributed by atoms with van der Waals surface area (Å²) in [5.74, 6) is -2.54. The monoisotopic (exact) mass is 531 g/mol. The van der Waals surface area contributed by atoms with Gasteiger partial charge in [0.05, 0.1) is 12.3 Å². The Bertz CT molecular complexity index is 1290. The number of benzene rings is 2. The van der Waals surface area contributed by atoms with Crippen molar-refractivity contribution >= 4 is 17.4 Å². The Kier molecular flexibility index (Phi) is 6.86. The summed E-state index contributed by atoms with van der Waals surface area (Å²) in [5, 5.41) is 4.41. The van der Waals surface area contributed by atoms with Gasteiger partial charge in [-0.1, -0.05) is 18.2 Å². The zero-order valence-electron chi connectivity index (χ0n) is 18.4. The van der Waals surface area contributed by atoms with Gasteiger partial charge < -0.3 is 24.8 Å². The number of pyridine rings is 1. The Morgan fingerprint density at radius 2 is 1.68 bits per heavy atom. The summed E-state index contributed by atoms with van der Waals surface area (Å²) in [6.45, 7) is -0.0930. The minimum Gasteiger partial charge on any atom is -0.437 e. The van der Waals surface area contributed by atoms with E-state index in [4.69, 9.17) is 9.47 Å². The zero-order valence-corrected chi connectivity index (χ0v) is 18.4. The van der Waals surface area contributed by atoms with Crippen LogP contribution in [0.25, 0.3) is 0 Å². The highest BCUT2D eigenvalue weighted by Crippen LogP contribution is 2.53. The van der Waals surface area contributed by atoms with Crippen molar-refractivity contribution in [3.05, 3.63) is 72.2 Å². The molecule has 7 nitrogen and oxygen atoms in total. The number of halogens is 7. The molecule has 0 saturated carbocycles. The van der Waals surface area contributed by atoms with E-state index >= 15 is 0 Å². The summed E-state index contributed by atoms with van der Waals surface area (Å²) in [5.41, 5.74) is -3.40. The first-order chi connectivity index (χ1) is 17.4. The first-order valence-corrected chi connectivity index (χ1v) is 10.4. The summed E-state index contributed by atoms with van der Waals surface area (Å²) < 4.78 is 107. The molecule has 1 saturated heterocycles. The minimum atomic E-state index is -5.03. The van der Waals surface area contributed by atoms with E-state index in [0.29, 0.717) is 6.07 Å². The van der Waals surface area contributed by atoms with Crippen molar-refractivity contribution < 1.29 is 49.7 Å². The average Bonchev–Trinajstić information content (AvgIpc) is 2.75. The van der Waals surface area contributed by atoms with Gasteiger partial charge in [-0.25, -0.2) is 14.2 Å². The van der Waals surface area contributed by atoms with E-state index in [1.54, 1.807) is 0 Å². The Labute approximate surface area is 204 Å². The van der Waals surface area contributed by atoms with Gasteiger partial charge >= 0.3 is 18.6 Å². The van der Waals surface area contributed by atoms with Crippen LogP contribution in [0.1, 0.15) is 12.0 Å². The molecule has 1 aliphatic heterocycles. The van der Waals surface area contributed by atoms with Crippen molar-refractivity contribution in [2.24, 2.45) is 0 Å². The van der Waals surface area contributed by atoms with Gasteiger partial charge in [-0.15, -0.1) is 13.2 Å². The van der Waals surface area contributed by atoms with Gasteiger partial charge in [0, 0.05) is 24.2 Å². The zero-order chi connectivity index (χ0) is 26.8. The van der Waals surface area contributed by atoms with Gasteiger partial charge in [-0.2, -0.15) is 13.2 Å². The Hall–Kier alpha value is -4.07. The van der Waals surface area contributed by atoms with Crippen LogP contribution in [-0.4, -0.2) is 30.2 Å². The number of carbonyl (C=O) groups excluding carboxylic acids is 1. The average molecular weight is 531 g/mol. The number of hydrogen-bond donors (Lipinski definition) is 2. The standard InChI is InChI=1S/C23H16F7N3O4/c24-15-12-13(37-23(28,29)30)7-8-16(15)32-20(34)33-17-5-3-10-31-19(17)36-18-6-2-1-4-14(18)21(9-11-35-21)22(25,26)27/h1-8,10,12H,9,11H2,(H2,32,33,34)/t21-/m1/s1. The molecule has 0 spiro atoms. The lowest BCUT2D eigenvalue weighted by Gasteiger charge is -2.43. The highest BCUT2D eigenvalue weighted by atomic mass is 19.4. The lowest BCUT2D eigenvalue weighted by Crippen LogP contribution is -2.52. The van der Waals surface area contributed by atoms with Crippen LogP contribution in [0.15, 0.2) is 60.8 Å². The molecule has 2 N–H and O–H groups in total. The van der Waals surface area contributed by atoms with E-state index in [9.17, 15) is 35.5 Å². The van der Waals surface area contributed by atoms with Gasteiger partial charge in [0.1, 0.15) is 23.0 Å². The number of nitrogens with zero attached hydrogens (tertiary/aromatic N) is 1.